The zero-order valence-electron chi connectivity index (χ0n) is 12.4. The quantitative estimate of drug-likeness (QED) is 0.370. The molecule has 0 aromatic carbocycles. The van der Waals surface area contributed by atoms with Gasteiger partial charge in [-0.25, -0.2) is 4.99 Å². The maximum atomic E-state index is 12.7. The van der Waals surface area contributed by atoms with Crippen molar-refractivity contribution in [3.05, 3.63) is 0 Å². The molecular formula is C12H24N3O3P. The van der Waals surface area contributed by atoms with Gasteiger partial charge in [-0.1, -0.05) is 0 Å². The fraction of sp³-hybridized carbons (Fsp3) is 0.833. The second kappa shape index (κ2) is 8.31. The minimum atomic E-state index is -3.60. The van der Waals surface area contributed by atoms with Crippen molar-refractivity contribution in [2.24, 2.45) is 4.99 Å². The molecule has 0 spiro atoms. The first kappa shape index (κ1) is 18.1. The Balaban J connectivity index is 5.32. The summed E-state index contributed by atoms with van der Waals surface area (Å²) in [4.78, 5) is 6.05. The van der Waals surface area contributed by atoms with E-state index in [1.54, 1.807) is 13.8 Å². The molecule has 0 N–H and O–H groups in total. The molecule has 0 bridgehead atoms. The van der Waals surface area contributed by atoms with Gasteiger partial charge in [-0.2, -0.15) is 5.26 Å². The molecule has 0 aliphatic rings. The van der Waals surface area contributed by atoms with Gasteiger partial charge in [0.05, 0.1) is 19.6 Å². The third-order valence-corrected chi connectivity index (χ3v) is 5.11. The van der Waals surface area contributed by atoms with Gasteiger partial charge in [0, 0.05) is 13.1 Å². The van der Waals surface area contributed by atoms with Gasteiger partial charge in [-0.15, -0.1) is 0 Å². The van der Waals surface area contributed by atoms with Crippen LogP contribution in [-0.2, 0) is 13.6 Å². The summed E-state index contributed by atoms with van der Waals surface area (Å²) in [5.74, 6) is 0. The Morgan fingerprint density at radius 2 is 1.74 bits per heavy atom. The van der Waals surface area contributed by atoms with Gasteiger partial charge >= 0.3 is 7.60 Å². The summed E-state index contributed by atoms with van der Waals surface area (Å²) in [6.45, 7) is 10.8. The van der Waals surface area contributed by atoms with Crippen LogP contribution in [0.1, 0.15) is 34.6 Å². The minimum absolute atomic E-state index is 0.204. The van der Waals surface area contributed by atoms with Crippen LogP contribution in [0.25, 0.3) is 0 Å². The molecule has 1 unspecified atom stereocenters. The highest BCUT2D eigenvalue weighted by atomic mass is 31.2. The van der Waals surface area contributed by atoms with Crippen LogP contribution in [0.15, 0.2) is 4.99 Å². The van der Waals surface area contributed by atoms with Gasteiger partial charge in [0.25, 0.3) is 0 Å². The van der Waals surface area contributed by atoms with Gasteiger partial charge in [0.1, 0.15) is 6.07 Å². The Morgan fingerprint density at radius 3 is 2.05 bits per heavy atom. The van der Waals surface area contributed by atoms with E-state index in [-0.39, 0.29) is 13.2 Å². The second-order valence-corrected chi connectivity index (χ2v) is 6.31. The van der Waals surface area contributed by atoms with Crippen LogP contribution in [0.2, 0.25) is 0 Å². The maximum Gasteiger partial charge on any atom is 0.372 e. The van der Waals surface area contributed by atoms with Crippen molar-refractivity contribution in [2.45, 2.75) is 39.9 Å². The molecule has 0 aromatic rings. The van der Waals surface area contributed by atoms with Gasteiger partial charge in [-0.3, -0.25) is 4.57 Å². The highest BCUT2D eigenvalue weighted by Gasteiger charge is 2.48. The lowest BCUT2D eigenvalue weighted by Gasteiger charge is -2.27. The van der Waals surface area contributed by atoms with Crippen LogP contribution < -0.4 is 0 Å². The van der Waals surface area contributed by atoms with E-state index < -0.39 is 12.9 Å². The Hall–Kier alpha value is -0.890. The first-order chi connectivity index (χ1) is 8.92. The van der Waals surface area contributed by atoms with Crippen LogP contribution in [0.5, 0.6) is 0 Å². The predicted molar refractivity (Wildman–Crippen MR) is 76.3 cm³/mol. The van der Waals surface area contributed by atoms with Gasteiger partial charge < -0.3 is 13.9 Å². The van der Waals surface area contributed by atoms with Crippen LogP contribution in [0.3, 0.4) is 0 Å². The molecule has 0 aliphatic carbocycles. The van der Waals surface area contributed by atoms with Crippen molar-refractivity contribution >= 4 is 13.9 Å². The molecule has 1 atom stereocenters. The summed E-state index contributed by atoms with van der Waals surface area (Å²) in [6, 6.07) is 1.95. The molecule has 6 nitrogen and oxygen atoms in total. The molecule has 0 fully saturated rings. The van der Waals surface area contributed by atoms with E-state index >= 15 is 0 Å². The molecule has 0 saturated heterocycles. The fourth-order valence-corrected chi connectivity index (χ4v) is 2.94. The number of nitriles is 1. The monoisotopic (exact) mass is 289 g/mol. The topological polar surface area (TPSA) is 74.9 Å². The zero-order valence-corrected chi connectivity index (χ0v) is 13.3. The molecule has 0 aromatic heterocycles. The molecule has 0 heterocycles. The number of aliphatic imine (C=N–C) groups is 1. The van der Waals surface area contributed by atoms with E-state index in [1.807, 2.05) is 24.8 Å². The molecular weight excluding hydrogens is 265 g/mol. The van der Waals surface area contributed by atoms with Crippen molar-refractivity contribution in [3.63, 3.8) is 0 Å². The van der Waals surface area contributed by atoms with Crippen LogP contribution >= 0.6 is 7.60 Å². The molecule has 0 radical (unpaired) electrons. The summed E-state index contributed by atoms with van der Waals surface area (Å²) in [5, 5.41) is 7.79. The Labute approximate surface area is 115 Å². The van der Waals surface area contributed by atoms with Crippen LogP contribution in [-0.4, -0.2) is 42.8 Å². The Kier molecular flexibility index (Phi) is 7.93. The van der Waals surface area contributed by atoms with E-state index in [4.69, 9.17) is 9.05 Å². The van der Waals surface area contributed by atoms with Crippen molar-refractivity contribution in [1.29, 1.82) is 5.26 Å². The summed E-state index contributed by atoms with van der Waals surface area (Å²) in [7, 11) is -3.60. The molecule has 0 rings (SSSR count). The Bertz CT molecular complexity index is 367. The van der Waals surface area contributed by atoms with E-state index in [2.05, 4.69) is 4.99 Å². The third kappa shape index (κ3) is 4.61. The van der Waals surface area contributed by atoms with Crippen molar-refractivity contribution in [1.82, 2.24) is 4.90 Å². The molecule has 19 heavy (non-hydrogen) atoms. The summed E-state index contributed by atoms with van der Waals surface area (Å²) in [5.41, 5.74) is 0. The van der Waals surface area contributed by atoms with Crippen LogP contribution in [0, 0.1) is 11.3 Å². The summed E-state index contributed by atoms with van der Waals surface area (Å²) >= 11 is 0. The average molecular weight is 289 g/mol. The average Bonchev–Trinajstić information content (AvgIpc) is 2.40. The van der Waals surface area contributed by atoms with E-state index in [0.717, 1.165) is 13.1 Å². The number of hydrogen-bond donors (Lipinski definition) is 0. The maximum absolute atomic E-state index is 12.7. The van der Waals surface area contributed by atoms with Crippen LogP contribution in [0.4, 0.5) is 0 Å². The van der Waals surface area contributed by atoms with Gasteiger partial charge in [0.15, 0.2) is 0 Å². The first-order valence-electron chi connectivity index (χ1n) is 6.52. The molecule has 110 valence electrons. The first-order valence-corrected chi connectivity index (χ1v) is 8.07. The van der Waals surface area contributed by atoms with Gasteiger partial charge in [0.2, 0.25) is 5.28 Å². The number of rotatable bonds is 9. The fourth-order valence-electron chi connectivity index (χ4n) is 1.37. The van der Waals surface area contributed by atoms with E-state index in [0.29, 0.717) is 0 Å². The van der Waals surface area contributed by atoms with E-state index in [1.165, 1.54) is 13.3 Å². The SMILES string of the molecule is CCOP(=O)(OCC)C(C)(C#N)/N=C/N(CC)CC. The molecule has 0 saturated carbocycles. The van der Waals surface area contributed by atoms with E-state index in [9.17, 15) is 9.83 Å². The normalized spacial score (nSPS) is 15.2. The standard InChI is InChI=1S/C12H24N3O3P/c1-6-15(7-2)11-14-12(5,10-13)19(16,17-8-3)18-9-4/h11H,6-9H2,1-5H3/b14-11+. The summed E-state index contributed by atoms with van der Waals surface area (Å²) in [6.07, 6.45) is 1.54. The number of hydrogen-bond acceptors (Lipinski definition) is 5. The van der Waals surface area contributed by atoms with Crippen molar-refractivity contribution in [3.8, 4) is 6.07 Å². The zero-order chi connectivity index (χ0) is 14.9. The lowest BCUT2D eigenvalue weighted by molar-refractivity contribution is 0.206. The highest BCUT2D eigenvalue weighted by Crippen LogP contribution is 2.60. The third-order valence-electron chi connectivity index (χ3n) is 2.63. The second-order valence-electron chi connectivity index (χ2n) is 3.93. The number of nitrogens with zero attached hydrogens (tertiary/aromatic N) is 3. The Morgan fingerprint density at radius 1 is 1.26 bits per heavy atom. The molecule has 7 heteroatoms. The van der Waals surface area contributed by atoms with Crippen molar-refractivity contribution in [2.75, 3.05) is 26.3 Å². The largest absolute Gasteiger partial charge is 0.372 e. The molecule has 0 aliphatic heterocycles. The lowest BCUT2D eigenvalue weighted by atomic mass is 10.4. The lowest BCUT2D eigenvalue weighted by Crippen LogP contribution is -2.27. The smallest absolute Gasteiger partial charge is 0.363 e. The minimum Gasteiger partial charge on any atom is -0.363 e. The highest BCUT2D eigenvalue weighted by molar-refractivity contribution is 7.56. The predicted octanol–water partition coefficient (Wildman–Crippen LogP) is 2.86. The van der Waals surface area contributed by atoms with Crippen molar-refractivity contribution < 1.29 is 13.6 Å². The van der Waals surface area contributed by atoms with Gasteiger partial charge in [-0.05, 0) is 34.6 Å². The molecule has 0 amide bonds. The summed E-state index contributed by atoms with van der Waals surface area (Å²) < 4.78 is 23.1.